The fraction of sp³-hybridized carbons (Fsp3) is 0.571. The minimum Gasteiger partial charge on any atom is -0.373 e. The first-order valence-corrected chi connectivity index (χ1v) is 8.13. The lowest BCUT2D eigenvalue weighted by atomic mass is 10.0. The van der Waals surface area contributed by atoms with Gasteiger partial charge in [-0.1, -0.05) is 6.92 Å². The molecule has 0 spiro atoms. The van der Waals surface area contributed by atoms with Crippen LogP contribution in [0.3, 0.4) is 0 Å². The standard InChI is InChI=1S/C14H18ClN3OS/c1-3-9-7-10-11(17-13(15)18-12(10)20-9)16-8-14(2)5-4-6-19-14/h7H,3-6,8H2,1-2H3,(H,16,17,18). The predicted molar refractivity (Wildman–Crippen MR) is 83.9 cm³/mol. The summed E-state index contributed by atoms with van der Waals surface area (Å²) < 4.78 is 5.79. The number of nitrogens with one attached hydrogen (secondary N) is 1. The number of hydrogen-bond acceptors (Lipinski definition) is 5. The van der Waals surface area contributed by atoms with Gasteiger partial charge in [0.15, 0.2) is 0 Å². The maximum atomic E-state index is 6.02. The fourth-order valence-electron chi connectivity index (χ4n) is 2.50. The quantitative estimate of drug-likeness (QED) is 0.870. The van der Waals surface area contributed by atoms with Crippen molar-refractivity contribution >= 4 is 39.0 Å². The van der Waals surface area contributed by atoms with E-state index >= 15 is 0 Å². The minimum atomic E-state index is -0.104. The lowest BCUT2D eigenvalue weighted by molar-refractivity contribution is 0.0315. The van der Waals surface area contributed by atoms with Crippen LogP contribution in [0.2, 0.25) is 5.28 Å². The number of rotatable bonds is 4. The van der Waals surface area contributed by atoms with Crippen molar-refractivity contribution < 1.29 is 4.74 Å². The first-order chi connectivity index (χ1) is 9.59. The van der Waals surface area contributed by atoms with Gasteiger partial charge in [-0.2, -0.15) is 0 Å². The zero-order valence-electron chi connectivity index (χ0n) is 11.7. The van der Waals surface area contributed by atoms with Crippen molar-refractivity contribution in [3.05, 3.63) is 16.2 Å². The van der Waals surface area contributed by atoms with Crippen LogP contribution in [0.25, 0.3) is 10.2 Å². The van der Waals surface area contributed by atoms with Crippen molar-refractivity contribution in [2.45, 2.75) is 38.7 Å². The molecule has 0 saturated carbocycles. The third kappa shape index (κ3) is 2.75. The molecule has 2 aromatic rings. The van der Waals surface area contributed by atoms with Crippen LogP contribution in [0.5, 0.6) is 0 Å². The Hall–Kier alpha value is -0.910. The number of fused-ring (bicyclic) bond motifs is 1. The van der Waals surface area contributed by atoms with Gasteiger partial charge in [0.1, 0.15) is 10.6 Å². The molecule has 0 amide bonds. The van der Waals surface area contributed by atoms with Gasteiger partial charge in [-0.3, -0.25) is 0 Å². The average molecular weight is 312 g/mol. The van der Waals surface area contributed by atoms with Gasteiger partial charge in [0.2, 0.25) is 5.28 Å². The van der Waals surface area contributed by atoms with Gasteiger partial charge >= 0.3 is 0 Å². The smallest absolute Gasteiger partial charge is 0.225 e. The molecule has 0 aliphatic carbocycles. The van der Waals surface area contributed by atoms with Crippen LogP contribution in [0.15, 0.2) is 6.07 Å². The summed E-state index contributed by atoms with van der Waals surface area (Å²) in [5, 5.41) is 4.74. The Bertz CT molecular complexity index is 622. The van der Waals surface area contributed by atoms with E-state index < -0.39 is 0 Å². The Morgan fingerprint density at radius 3 is 3.05 bits per heavy atom. The zero-order chi connectivity index (χ0) is 14.2. The predicted octanol–water partition coefficient (Wildman–Crippen LogP) is 3.89. The summed E-state index contributed by atoms with van der Waals surface area (Å²) in [4.78, 5) is 10.9. The van der Waals surface area contributed by atoms with Gasteiger partial charge < -0.3 is 10.1 Å². The van der Waals surface area contributed by atoms with Crippen molar-refractivity contribution in [3.63, 3.8) is 0 Å². The Balaban J connectivity index is 1.88. The molecular formula is C14H18ClN3OS. The normalized spacial score (nSPS) is 22.6. The summed E-state index contributed by atoms with van der Waals surface area (Å²) in [6, 6.07) is 2.15. The van der Waals surface area contributed by atoms with Gasteiger partial charge in [0.25, 0.3) is 0 Å². The molecule has 0 aromatic carbocycles. The Morgan fingerprint density at radius 1 is 1.50 bits per heavy atom. The van der Waals surface area contributed by atoms with Crippen molar-refractivity contribution in [1.29, 1.82) is 0 Å². The second-order valence-corrected chi connectivity index (χ2v) is 6.84. The number of hydrogen-bond donors (Lipinski definition) is 1. The molecule has 108 valence electrons. The highest BCUT2D eigenvalue weighted by atomic mass is 35.5. The summed E-state index contributed by atoms with van der Waals surface area (Å²) in [7, 11) is 0. The molecule has 1 saturated heterocycles. The van der Waals surface area contributed by atoms with E-state index in [-0.39, 0.29) is 5.60 Å². The summed E-state index contributed by atoms with van der Waals surface area (Å²) in [5.74, 6) is 0.813. The largest absolute Gasteiger partial charge is 0.373 e. The highest BCUT2D eigenvalue weighted by Crippen LogP contribution is 2.31. The van der Waals surface area contributed by atoms with Crippen LogP contribution in [0, 0.1) is 0 Å². The van der Waals surface area contributed by atoms with E-state index in [1.165, 1.54) is 4.88 Å². The van der Waals surface area contributed by atoms with Gasteiger partial charge in [-0.15, -0.1) is 11.3 Å². The number of thiophene rings is 1. The number of halogens is 1. The molecule has 1 fully saturated rings. The van der Waals surface area contributed by atoms with Crippen molar-refractivity contribution in [1.82, 2.24) is 9.97 Å². The van der Waals surface area contributed by atoms with Gasteiger partial charge in [-0.25, -0.2) is 9.97 Å². The summed E-state index contributed by atoms with van der Waals surface area (Å²) in [6.07, 6.45) is 3.20. The molecule has 20 heavy (non-hydrogen) atoms. The fourth-order valence-corrected chi connectivity index (χ4v) is 3.69. The van der Waals surface area contributed by atoms with E-state index in [0.29, 0.717) is 5.28 Å². The molecule has 3 rings (SSSR count). The number of aryl methyl sites for hydroxylation is 1. The molecule has 3 heterocycles. The van der Waals surface area contributed by atoms with E-state index in [2.05, 4.69) is 35.2 Å². The van der Waals surface area contributed by atoms with Crippen molar-refractivity contribution in [2.75, 3.05) is 18.5 Å². The third-order valence-corrected chi connectivity index (χ3v) is 5.04. The summed E-state index contributed by atoms with van der Waals surface area (Å²) in [6.45, 7) is 5.86. The molecule has 1 atom stereocenters. The molecule has 1 unspecified atom stereocenters. The van der Waals surface area contributed by atoms with Crippen molar-refractivity contribution in [2.24, 2.45) is 0 Å². The molecule has 0 radical (unpaired) electrons. The van der Waals surface area contributed by atoms with Crippen LogP contribution in [-0.4, -0.2) is 28.7 Å². The van der Waals surface area contributed by atoms with Gasteiger partial charge in [-0.05, 0) is 43.9 Å². The van der Waals surface area contributed by atoms with Crippen LogP contribution in [-0.2, 0) is 11.2 Å². The summed E-state index contributed by atoms with van der Waals surface area (Å²) >= 11 is 7.70. The van der Waals surface area contributed by atoms with Crippen LogP contribution >= 0.6 is 22.9 Å². The van der Waals surface area contributed by atoms with E-state index in [1.807, 2.05) is 0 Å². The second kappa shape index (κ2) is 5.47. The van der Waals surface area contributed by atoms with E-state index in [4.69, 9.17) is 16.3 Å². The highest BCUT2D eigenvalue weighted by molar-refractivity contribution is 7.18. The lowest BCUT2D eigenvalue weighted by Crippen LogP contribution is -2.32. The first-order valence-electron chi connectivity index (χ1n) is 6.93. The number of ether oxygens (including phenoxy) is 1. The van der Waals surface area contributed by atoms with E-state index in [1.54, 1.807) is 11.3 Å². The topological polar surface area (TPSA) is 47.0 Å². The van der Waals surface area contributed by atoms with E-state index in [0.717, 1.165) is 48.4 Å². The zero-order valence-corrected chi connectivity index (χ0v) is 13.3. The molecule has 0 bridgehead atoms. The van der Waals surface area contributed by atoms with Gasteiger partial charge in [0, 0.05) is 18.0 Å². The lowest BCUT2D eigenvalue weighted by Gasteiger charge is -2.23. The SMILES string of the molecule is CCc1cc2c(NCC3(C)CCCO3)nc(Cl)nc2s1. The maximum Gasteiger partial charge on any atom is 0.225 e. The van der Waals surface area contributed by atoms with Gasteiger partial charge in [0.05, 0.1) is 11.0 Å². The number of anilines is 1. The molecule has 1 aliphatic rings. The van der Waals surface area contributed by atoms with Crippen LogP contribution in [0.4, 0.5) is 5.82 Å². The monoisotopic (exact) mass is 311 g/mol. The summed E-state index contributed by atoms with van der Waals surface area (Å²) in [5.41, 5.74) is -0.104. The molecular weight excluding hydrogens is 294 g/mol. The first kappa shape index (κ1) is 14.0. The molecule has 1 N–H and O–H groups in total. The number of aromatic nitrogens is 2. The van der Waals surface area contributed by atoms with E-state index in [9.17, 15) is 0 Å². The van der Waals surface area contributed by atoms with Crippen LogP contribution < -0.4 is 5.32 Å². The molecule has 4 nitrogen and oxygen atoms in total. The highest BCUT2D eigenvalue weighted by Gasteiger charge is 2.29. The second-order valence-electron chi connectivity index (χ2n) is 5.38. The minimum absolute atomic E-state index is 0.104. The van der Waals surface area contributed by atoms with Crippen molar-refractivity contribution in [3.8, 4) is 0 Å². The molecule has 1 aliphatic heterocycles. The molecule has 2 aromatic heterocycles. The maximum absolute atomic E-state index is 6.02. The average Bonchev–Trinajstić information content (AvgIpc) is 3.02. The molecule has 6 heteroatoms. The Labute approximate surface area is 127 Å². The number of nitrogens with zero attached hydrogens (tertiary/aromatic N) is 2. The van der Waals surface area contributed by atoms with Crippen LogP contribution in [0.1, 0.15) is 31.6 Å². The Kier molecular flexibility index (Phi) is 3.84. The Morgan fingerprint density at radius 2 is 2.35 bits per heavy atom. The third-order valence-electron chi connectivity index (χ3n) is 3.70.